The average molecular weight is 287 g/mol. The van der Waals surface area contributed by atoms with E-state index < -0.39 is 0 Å². The lowest BCUT2D eigenvalue weighted by Gasteiger charge is -2.24. The Bertz CT molecular complexity index is 502. The van der Waals surface area contributed by atoms with Crippen molar-refractivity contribution in [2.75, 3.05) is 7.11 Å². The molecule has 1 aromatic carbocycles. The Balaban J connectivity index is 2.08. The molecule has 1 aliphatic rings. The zero-order chi connectivity index (χ0) is 15.1. The van der Waals surface area contributed by atoms with E-state index in [0.29, 0.717) is 5.92 Å². The summed E-state index contributed by atoms with van der Waals surface area (Å²) in [7, 11) is 1.63. The molecular weight excluding hydrogens is 262 g/mol. The van der Waals surface area contributed by atoms with E-state index >= 15 is 0 Å². The first kappa shape index (κ1) is 15.6. The van der Waals surface area contributed by atoms with Gasteiger partial charge in [0.2, 0.25) is 5.90 Å². The van der Waals surface area contributed by atoms with Crippen LogP contribution in [0.2, 0.25) is 0 Å². The molecule has 0 heterocycles. The summed E-state index contributed by atoms with van der Waals surface area (Å²) in [6.45, 7) is 2.11. The third-order valence-electron chi connectivity index (χ3n) is 3.96. The Morgan fingerprint density at radius 3 is 2.71 bits per heavy atom. The molecule has 0 saturated heterocycles. The zero-order valence-electron chi connectivity index (χ0n) is 13.0. The molecule has 2 rings (SSSR count). The maximum absolute atomic E-state index is 8.21. The molecular formula is C18H25NO2. The lowest BCUT2D eigenvalue weighted by Crippen LogP contribution is -2.15. The van der Waals surface area contributed by atoms with Crippen molar-refractivity contribution in [2.24, 2.45) is 5.92 Å². The summed E-state index contributed by atoms with van der Waals surface area (Å²) in [4.78, 5) is 0. The van der Waals surface area contributed by atoms with E-state index in [-0.39, 0.29) is 5.90 Å². The summed E-state index contributed by atoms with van der Waals surface area (Å²) in [6.07, 6.45) is 9.28. The SMILES string of the molecule is CC/C=C(/OC(=N)c1cccc(OC)c1)C1CCCCC1. The van der Waals surface area contributed by atoms with Crippen LogP contribution in [0.5, 0.6) is 5.75 Å². The predicted molar refractivity (Wildman–Crippen MR) is 85.9 cm³/mol. The van der Waals surface area contributed by atoms with Crippen LogP contribution in [-0.2, 0) is 4.74 Å². The fraction of sp³-hybridized carbons (Fsp3) is 0.500. The first-order chi connectivity index (χ1) is 10.2. The van der Waals surface area contributed by atoms with Crippen LogP contribution in [0.15, 0.2) is 36.1 Å². The number of allylic oxidation sites excluding steroid dienone is 2. The summed E-state index contributed by atoms with van der Waals surface area (Å²) in [5.74, 6) is 2.41. The Hall–Kier alpha value is -1.77. The third-order valence-corrected chi connectivity index (χ3v) is 3.96. The monoisotopic (exact) mass is 287 g/mol. The molecule has 0 unspecified atom stereocenters. The maximum atomic E-state index is 8.21. The molecule has 0 spiro atoms. The minimum Gasteiger partial charge on any atom is -0.497 e. The van der Waals surface area contributed by atoms with Gasteiger partial charge in [-0.2, -0.15) is 0 Å². The molecule has 0 amide bonds. The van der Waals surface area contributed by atoms with Gasteiger partial charge in [-0.1, -0.05) is 32.3 Å². The van der Waals surface area contributed by atoms with Crippen molar-refractivity contribution in [3.05, 3.63) is 41.7 Å². The van der Waals surface area contributed by atoms with Crippen LogP contribution in [-0.4, -0.2) is 13.0 Å². The predicted octanol–water partition coefficient (Wildman–Crippen LogP) is 4.91. The molecule has 0 radical (unpaired) electrons. The highest BCUT2D eigenvalue weighted by atomic mass is 16.5. The van der Waals surface area contributed by atoms with Crippen LogP contribution in [0, 0.1) is 11.3 Å². The number of hydrogen-bond acceptors (Lipinski definition) is 3. The molecule has 0 bridgehead atoms. The molecule has 3 nitrogen and oxygen atoms in total. The molecule has 1 aromatic rings. The normalized spacial score (nSPS) is 16.6. The fourth-order valence-electron chi connectivity index (χ4n) is 2.82. The van der Waals surface area contributed by atoms with Gasteiger partial charge < -0.3 is 9.47 Å². The minimum atomic E-state index is 0.208. The van der Waals surface area contributed by atoms with Crippen molar-refractivity contribution in [1.82, 2.24) is 0 Å². The molecule has 1 N–H and O–H groups in total. The van der Waals surface area contributed by atoms with Gasteiger partial charge in [-0.05, 0) is 43.5 Å². The molecule has 21 heavy (non-hydrogen) atoms. The van der Waals surface area contributed by atoms with Gasteiger partial charge in [-0.15, -0.1) is 0 Å². The van der Waals surface area contributed by atoms with E-state index in [9.17, 15) is 0 Å². The molecule has 3 heteroatoms. The number of rotatable bonds is 5. The Labute approximate surface area is 127 Å². The lowest BCUT2D eigenvalue weighted by atomic mass is 9.87. The molecule has 0 atom stereocenters. The van der Waals surface area contributed by atoms with Crippen LogP contribution in [0.3, 0.4) is 0 Å². The second-order valence-corrected chi connectivity index (χ2v) is 5.51. The zero-order valence-corrected chi connectivity index (χ0v) is 13.0. The molecule has 0 aromatic heterocycles. The second kappa shape index (κ2) is 7.87. The van der Waals surface area contributed by atoms with Crippen LogP contribution in [0.1, 0.15) is 51.0 Å². The number of methoxy groups -OCH3 is 1. The highest BCUT2D eigenvalue weighted by Gasteiger charge is 2.20. The number of ether oxygens (including phenoxy) is 2. The first-order valence-corrected chi connectivity index (χ1v) is 7.85. The molecule has 1 saturated carbocycles. The van der Waals surface area contributed by atoms with Gasteiger partial charge in [-0.3, -0.25) is 5.41 Å². The smallest absolute Gasteiger partial charge is 0.218 e. The quantitative estimate of drug-likeness (QED) is 0.475. The summed E-state index contributed by atoms with van der Waals surface area (Å²) in [6, 6.07) is 7.48. The molecule has 114 valence electrons. The van der Waals surface area contributed by atoms with Crippen LogP contribution in [0.4, 0.5) is 0 Å². The van der Waals surface area contributed by atoms with E-state index in [4.69, 9.17) is 14.9 Å². The Kier molecular flexibility index (Phi) is 5.85. The Morgan fingerprint density at radius 1 is 1.29 bits per heavy atom. The number of nitrogens with one attached hydrogen (secondary N) is 1. The van der Waals surface area contributed by atoms with E-state index in [0.717, 1.165) is 23.5 Å². The minimum absolute atomic E-state index is 0.208. The van der Waals surface area contributed by atoms with Crippen LogP contribution in [0.25, 0.3) is 0 Å². The highest BCUT2D eigenvalue weighted by Crippen LogP contribution is 2.31. The van der Waals surface area contributed by atoms with Crippen molar-refractivity contribution in [3.63, 3.8) is 0 Å². The second-order valence-electron chi connectivity index (χ2n) is 5.51. The van der Waals surface area contributed by atoms with Crippen LogP contribution >= 0.6 is 0 Å². The largest absolute Gasteiger partial charge is 0.497 e. The van der Waals surface area contributed by atoms with E-state index in [1.807, 2.05) is 24.3 Å². The van der Waals surface area contributed by atoms with Crippen molar-refractivity contribution in [3.8, 4) is 5.75 Å². The van der Waals surface area contributed by atoms with Gasteiger partial charge in [0, 0.05) is 11.5 Å². The number of benzene rings is 1. The van der Waals surface area contributed by atoms with Crippen molar-refractivity contribution in [2.45, 2.75) is 45.4 Å². The molecule has 0 aliphatic heterocycles. The third kappa shape index (κ3) is 4.35. The van der Waals surface area contributed by atoms with Gasteiger partial charge in [0.15, 0.2) is 0 Å². The summed E-state index contributed by atoms with van der Waals surface area (Å²) >= 11 is 0. The summed E-state index contributed by atoms with van der Waals surface area (Å²) in [5.41, 5.74) is 0.757. The number of hydrogen-bond donors (Lipinski definition) is 1. The van der Waals surface area contributed by atoms with Gasteiger partial charge in [0.25, 0.3) is 0 Å². The molecule has 1 fully saturated rings. The topological polar surface area (TPSA) is 42.3 Å². The fourth-order valence-corrected chi connectivity index (χ4v) is 2.82. The van der Waals surface area contributed by atoms with Gasteiger partial charge in [-0.25, -0.2) is 0 Å². The lowest BCUT2D eigenvalue weighted by molar-refractivity contribution is 0.279. The van der Waals surface area contributed by atoms with Crippen molar-refractivity contribution < 1.29 is 9.47 Å². The van der Waals surface area contributed by atoms with Gasteiger partial charge in [0.05, 0.1) is 7.11 Å². The van der Waals surface area contributed by atoms with Crippen molar-refractivity contribution >= 4 is 5.90 Å². The molecule has 1 aliphatic carbocycles. The maximum Gasteiger partial charge on any atom is 0.218 e. The summed E-state index contributed by atoms with van der Waals surface area (Å²) in [5, 5.41) is 8.21. The van der Waals surface area contributed by atoms with E-state index in [1.165, 1.54) is 32.1 Å². The standard InChI is InChI=1S/C18H25NO2/c1-3-8-17(14-9-5-4-6-10-14)21-18(19)15-11-7-12-16(13-15)20-2/h7-8,11-14,19H,3-6,9-10H2,1-2H3/b17-8+,19-18?. The van der Waals surface area contributed by atoms with Crippen LogP contribution < -0.4 is 4.74 Å². The van der Waals surface area contributed by atoms with E-state index in [2.05, 4.69) is 13.0 Å². The average Bonchev–Trinajstić information content (AvgIpc) is 2.55. The van der Waals surface area contributed by atoms with E-state index in [1.54, 1.807) is 7.11 Å². The first-order valence-electron chi connectivity index (χ1n) is 7.85. The van der Waals surface area contributed by atoms with Crippen molar-refractivity contribution in [1.29, 1.82) is 5.41 Å². The highest BCUT2D eigenvalue weighted by molar-refractivity contribution is 5.92. The van der Waals surface area contributed by atoms with Gasteiger partial charge >= 0.3 is 0 Å². The summed E-state index contributed by atoms with van der Waals surface area (Å²) < 4.78 is 11.1. The van der Waals surface area contributed by atoms with Gasteiger partial charge in [0.1, 0.15) is 11.5 Å². The Morgan fingerprint density at radius 2 is 2.05 bits per heavy atom.